The first kappa shape index (κ1) is 14.8. The zero-order valence-electron chi connectivity index (χ0n) is 11.6. The van der Waals surface area contributed by atoms with Gasteiger partial charge < -0.3 is 15.2 Å². The molecule has 0 unspecified atom stereocenters. The Morgan fingerprint density at radius 3 is 2.75 bits per heavy atom. The van der Waals surface area contributed by atoms with Crippen LogP contribution in [0.2, 0.25) is 0 Å². The molecule has 1 fully saturated rings. The van der Waals surface area contributed by atoms with Gasteiger partial charge in [0.1, 0.15) is 17.1 Å². The van der Waals surface area contributed by atoms with Crippen molar-refractivity contribution in [1.82, 2.24) is 5.32 Å². The summed E-state index contributed by atoms with van der Waals surface area (Å²) in [6.07, 6.45) is 3.88. The Morgan fingerprint density at radius 1 is 1.45 bits per heavy atom. The lowest BCUT2D eigenvalue weighted by molar-refractivity contribution is 0.0874. The predicted octanol–water partition coefficient (Wildman–Crippen LogP) is 2.12. The maximum atomic E-state index is 13.8. The van der Waals surface area contributed by atoms with E-state index in [2.05, 4.69) is 5.32 Å². The molecule has 1 amide bonds. The summed E-state index contributed by atoms with van der Waals surface area (Å²) in [5.74, 6) is -0.891. The molecule has 5 heteroatoms. The van der Waals surface area contributed by atoms with Crippen LogP contribution in [-0.2, 0) is 0 Å². The van der Waals surface area contributed by atoms with E-state index in [0.717, 1.165) is 25.7 Å². The molecule has 0 radical (unpaired) electrons. The molecule has 1 saturated carbocycles. The molecule has 1 aromatic carbocycles. The van der Waals surface area contributed by atoms with Crippen LogP contribution in [0, 0.1) is 11.2 Å². The Kier molecular flexibility index (Phi) is 4.60. The van der Waals surface area contributed by atoms with E-state index < -0.39 is 11.7 Å². The highest BCUT2D eigenvalue weighted by Crippen LogP contribution is 2.37. The minimum atomic E-state index is -0.605. The molecule has 110 valence electrons. The Labute approximate surface area is 117 Å². The van der Waals surface area contributed by atoms with Crippen molar-refractivity contribution in [3.05, 3.63) is 29.6 Å². The number of hydrogen-bond acceptors (Lipinski definition) is 3. The van der Waals surface area contributed by atoms with E-state index in [0.29, 0.717) is 6.54 Å². The molecule has 2 rings (SSSR count). The van der Waals surface area contributed by atoms with E-state index in [9.17, 15) is 14.3 Å². The number of ether oxygens (including phenoxy) is 1. The second-order valence-electron chi connectivity index (χ2n) is 5.36. The summed E-state index contributed by atoms with van der Waals surface area (Å²) in [7, 11) is 1.40. The third kappa shape index (κ3) is 2.93. The van der Waals surface area contributed by atoms with Gasteiger partial charge in [0, 0.05) is 12.0 Å². The molecule has 0 heterocycles. The van der Waals surface area contributed by atoms with Gasteiger partial charge in [-0.25, -0.2) is 4.39 Å². The largest absolute Gasteiger partial charge is 0.496 e. The monoisotopic (exact) mass is 281 g/mol. The highest BCUT2D eigenvalue weighted by atomic mass is 19.1. The van der Waals surface area contributed by atoms with Crippen molar-refractivity contribution in [3.8, 4) is 5.75 Å². The van der Waals surface area contributed by atoms with Gasteiger partial charge in [0.15, 0.2) is 0 Å². The molecule has 0 bridgehead atoms. The van der Waals surface area contributed by atoms with Crippen molar-refractivity contribution in [2.75, 3.05) is 20.3 Å². The number of nitrogens with one attached hydrogen (secondary N) is 1. The minimum Gasteiger partial charge on any atom is -0.496 e. The van der Waals surface area contributed by atoms with Crippen LogP contribution < -0.4 is 10.1 Å². The number of benzene rings is 1. The van der Waals surface area contributed by atoms with E-state index in [1.165, 1.54) is 19.2 Å². The third-order valence-electron chi connectivity index (χ3n) is 4.05. The molecule has 20 heavy (non-hydrogen) atoms. The van der Waals surface area contributed by atoms with Crippen LogP contribution in [0.3, 0.4) is 0 Å². The van der Waals surface area contributed by atoms with Crippen LogP contribution in [0.25, 0.3) is 0 Å². The van der Waals surface area contributed by atoms with E-state index in [1.54, 1.807) is 6.07 Å². The number of halogens is 1. The number of rotatable bonds is 5. The lowest BCUT2D eigenvalue weighted by Gasteiger charge is -2.26. The molecule has 2 N–H and O–H groups in total. The summed E-state index contributed by atoms with van der Waals surface area (Å²) in [6, 6.07) is 4.28. The first-order valence-corrected chi connectivity index (χ1v) is 6.83. The first-order valence-electron chi connectivity index (χ1n) is 6.83. The second kappa shape index (κ2) is 6.22. The Hall–Kier alpha value is -1.62. The van der Waals surface area contributed by atoms with Crippen molar-refractivity contribution in [1.29, 1.82) is 0 Å². The van der Waals surface area contributed by atoms with Gasteiger partial charge in [-0.3, -0.25) is 4.79 Å². The maximum Gasteiger partial charge on any atom is 0.258 e. The quantitative estimate of drug-likeness (QED) is 0.869. The van der Waals surface area contributed by atoms with E-state index in [-0.39, 0.29) is 23.3 Å². The fourth-order valence-electron chi connectivity index (χ4n) is 2.77. The van der Waals surface area contributed by atoms with E-state index >= 15 is 0 Å². The summed E-state index contributed by atoms with van der Waals surface area (Å²) in [6.45, 7) is 0.404. The number of amides is 1. The molecular weight excluding hydrogens is 261 g/mol. The van der Waals surface area contributed by atoms with Gasteiger partial charge in [-0.1, -0.05) is 18.9 Å². The molecule has 1 aliphatic rings. The lowest BCUT2D eigenvalue weighted by Crippen LogP contribution is -2.38. The molecule has 0 aromatic heterocycles. The van der Waals surface area contributed by atoms with Crippen molar-refractivity contribution < 1.29 is 19.0 Å². The topological polar surface area (TPSA) is 58.6 Å². The smallest absolute Gasteiger partial charge is 0.258 e. The predicted molar refractivity (Wildman–Crippen MR) is 73.3 cm³/mol. The van der Waals surface area contributed by atoms with Crippen molar-refractivity contribution in [2.45, 2.75) is 25.7 Å². The highest BCUT2D eigenvalue weighted by Gasteiger charge is 2.34. The SMILES string of the molecule is COc1cccc(F)c1C(=O)NCC1(CO)CCCC1. The Balaban J connectivity index is 2.09. The van der Waals surface area contributed by atoms with Crippen LogP contribution in [0.1, 0.15) is 36.0 Å². The van der Waals surface area contributed by atoms with Crippen LogP contribution in [0.15, 0.2) is 18.2 Å². The first-order chi connectivity index (χ1) is 9.62. The van der Waals surface area contributed by atoms with Gasteiger partial charge in [0.2, 0.25) is 0 Å². The summed E-state index contributed by atoms with van der Waals surface area (Å²) >= 11 is 0. The summed E-state index contributed by atoms with van der Waals surface area (Å²) in [4.78, 5) is 12.1. The average molecular weight is 281 g/mol. The number of methoxy groups -OCH3 is 1. The molecular formula is C15H20FNO3. The zero-order chi connectivity index (χ0) is 14.6. The molecule has 4 nitrogen and oxygen atoms in total. The van der Waals surface area contributed by atoms with E-state index in [1.807, 2.05) is 0 Å². The summed E-state index contributed by atoms with van der Waals surface area (Å²) < 4.78 is 18.8. The van der Waals surface area contributed by atoms with Crippen LogP contribution in [-0.4, -0.2) is 31.3 Å². The zero-order valence-corrected chi connectivity index (χ0v) is 11.6. The van der Waals surface area contributed by atoms with Crippen molar-refractivity contribution in [3.63, 3.8) is 0 Å². The van der Waals surface area contributed by atoms with Crippen LogP contribution in [0.5, 0.6) is 5.75 Å². The van der Waals surface area contributed by atoms with E-state index in [4.69, 9.17) is 4.74 Å². The van der Waals surface area contributed by atoms with Crippen molar-refractivity contribution in [2.24, 2.45) is 5.41 Å². The molecule has 0 saturated heterocycles. The van der Waals surface area contributed by atoms with Crippen molar-refractivity contribution >= 4 is 5.91 Å². The number of carbonyl (C=O) groups is 1. The Bertz CT molecular complexity index is 484. The number of aliphatic hydroxyl groups excluding tert-OH is 1. The molecule has 0 aliphatic heterocycles. The normalized spacial score (nSPS) is 16.9. The number of carbonyl (C=O) groups excluding carboxylic acids is 1. The van der Waals surface area contributed by atoms with Gasteiger partial charge in [0.05, 0.1) is 13.7 Å². The standard InChI is InChI=1S/C15H20FNO3/c1-20-12-6-4-5-11(16)13(12)14(19)17-9-15(10-18)7-2-3-8-15/h4-6,18H,2-3,7-10H2,1H3,(H,17,19). The third-order valence-corrected chi connectivity index (χ3v) is 4.05. The van der Waals surface area contributed by atoms with Gasteiger partial charge in [-0.15, -0.1) is 0 Å². The lowest BCUT2D eigenvalue weighted by atomic mass is 9.87. The highest BCUT2D eigenvalue weighted by molar-refractivity contribution is 5.97. The number of aliphatic hydroxyl groups is 1. The maximum absolute atomic E-state index is 13.8. The summed E-state index contributed by atoms with van der Waals surface area (Å²) in [5.41, 5.74) is -0.338. The van der Waals surface area contributed by atoms with Gasteiger partial charge >= 0.3 is 0 Å². The molecule has 1 aromatic rings. The Morgan fingerprint density at radius 2 is 2.15 bits per heavy atom. The van der Waals surface area contributed by atoms with Gasteiger partial charge in [0.25, 0.3) is 5.91 Å². The fourth-order valence-corrected chi connectivity index (χ4v) is 2.77. The number of hydrogen-bond donors (Lipinski definition) is 2. The van der Waals surface area contributed by atoms with Crippen LogP contribution >= 0.6 is 0 Å². The molecule has 1 aliphatic carbocycles. The molecule has 0 spiro atoms. The van der Waals surface area contributed by atoms with Gasteiger partial charge in [-0.2, -0.15) is 0 Å². The average Bonchev–Trinajstić information content (AvgIpc) is 2.94. The minimum absolute atomic E-state index is 0.0433. The summed E-state index contributed by atoms with van der Waals surface area (Å²) in [5, 5.41) is 12.2. The molecule has 0 atom stereocenters. The van der Waals surface area contributed by atoms with Crippen LogP contribution in [0.4, 0.5) is 4.39 Å². The van der Waals surface area contributed by atoms with Gasteiger partial charge in [-0.05, 0) is 25.0 Å². The fraction of sp³-hybridized carbons (Fsp3) is 0.533. The second-order valence-corrected chi connectivity index (χ2v) is 5.36.